The number of rotatable bonds is 3. The van der Waals surface area contributed by atoms with E-state index in [0.29, 0.717) is 5.75 Å². The number of nitrogens with one attached hydrogen (secondary N) is 1. The second kappa shape index (κ2) is 4.28. The highest BCUT2D eigenvalue weighted by Crippen LogP contribution is 2.24. The van der Waals surface area contributed by atoms with E-state index in [9.17, 15) is 0 Å². The lowest BCUT2D eigenvalue weighted by Crippen LogP contribution is -2.30. The number of halogens is 1. The smallest absolute Gasteiger partial charge is 0.152 e. The molecule has 3 N–H and O–H groups in total. The van der Waals surface area contributed by atoms with Gasteiger partial charge in [-0.05, 0) is 35.0 Å². The number of ether oxygens (including phenoxy) is 1. The van der Waals surface area contributed by atoms with Crippen LogP contribution in [0.3, 0.4) is 0 Å². The molecule has 1 atom stereocenters. The quantitative estimate of drug-likeness (QED) is 0.631. The molecule has 0 saturated carbocycles. The summed E-state index contributed by atoms with van der Waals surface area (Å²) in [6, 6.07) is 7.47. The van der Waals surface area contributed by atoms with Crippen LogP contribution in [0.5, 0.6) is 5.75 Å². The van der Waals surface area contributed by atoms with Crippen LogP contribution in [-0.2, 0) is 0 Å². The summed E-state index contributed by atoms with van der Waals surface area (Å²) in [6.07, 6.45) is -0.390. The lowest BCUT2D eigenvalue weighted by molar-refractivity contribution is 0.283. The predicted octanol–water partition coefficient (Wildman–Crippen LogP) is 2.15. The van der Waals surface area contributed by atoms with E-state index in [1.165, 1.54) is 0 Å². The van der Waals surface area contributed by atoms with E-state index in [1.54, 1.807) is 6.92 Å². The van der Waals surface area contributed by atoms with E-state index in [4.69, 9.17) is 15.9 Å². The molecule has 0 heterocycles. The Morgan fingerprint density at radius 3 is 2.69 bits per heavy atom. The van der Waals surface area contributed by atoms with Crippen molar-refractivity contribution in [3.63, 3.8) is 0 Å². The van der Waals surface area contributed by atoms with Crippen LogP contribution in [0.25, 0.3) is 0 Å². The summed E-state index contributed by atoms with van der Waals surface area (Å²) in [5.74, 6) is 0.723. The van der Waals surface area contributed by atoms with Gasteiger partial charge in [-0.15, -0.1) is 0 Å². The van der Waals surface area contributed by atoms with Gasteiger partial charge in [-0.25, -0.2) is 0 Å². The summed E-state index contributed by atoms with van der Waals surface area (Å²) in [5.41, 5.74) is 5.28. The Morgan fingerprint density at radius 1 is 1.54 bits per heavy atom. The third-order valence-electron chi connectivity index (χ3n) is 1.58. The molecule has 0 aromatic heterocycles. The normalized spacial score (nSPS) is 12.2. The Bertz CT molecular complexity index is 314. The molecule has 0 bridgehead atoms. The van der Waals surface area contributed by atoms with Crippen LogP contribution in [0.15, 0.2) is 28.7 Å². The van der Waals surface area contributed by atoms with E-state index in [0.717, 1.165) is 4.47 Å². The minimum atomic E-state index is -0.390. The van der Waals surface area contributed by atoms with E-state index < -0.39 is 6.10 Å². The van der Waals surface area contributed by atoms with Crippen LogP contribution in [0, 0.1) is 5.41 Å². The molecule has 0 fully saturated rings. The number of hydrogen-bond donors (Lipinski definition) is 2. The van der Waals surface area contributed by atoms with Crippen molar-refractivity contribution in [3.05, 3.63) is 28.7 Å². The zero-order chi connectivity index (χ0) is 9.84. The highest BCUT2D eigenvalue weighted by molar-refractivity contribution is 9.10. The van der Waals surface area contributed by atoms with Crippen molar-refractivity contribution in [3.8, 4) is 5.75 Å². The first-order valence-electron chi connectivity index (χ1n) is 3.86. The standard InChI is InChI=1S/C9H11BrN2O/c1-6(9(11)12)13-8-5-3-2-4-7(8)10/h2-6H,1H3,(H3,11,12). The second-order valence-corrected chi connectivity index (χ2v) is 3.50. The van der Waals surface area contributed by atoms with E-state index >= 15 is 0 Å². The van der Waals surface area contributed by atoms with E-state index in [-0.39, 0.29) is 5.84 Å². The molecule has 1 aromatic carbocycles. The molecule has 4 heteroatoms. The predicted molar refractivity (Wildman–Crippen MR) is 56.1 cm³/mol. The Morgan fingerprint density at radius 2 is 2.15 bits per heavy atom. The summed E-state index contributed by atoms with van der Waals surface area (Å²) in [5, 5.41) is 7.16. The summed E-state index contributed by atoms with van der Waals surface area (Å²) < 4.78 is 6.27. The number of nitrogens with two attached hydrogens (primary N) is 1. The highest BCUT2D eigenvalue weighted by atomic mass is 79.9. The molecular formula is C9H11BrN2O. The third-order valence-corrected chi connectivity index (χ3v) is 2.23. The van der Waals surface area contributed by atoms with Crippen LogP contribution < -0.4 is 10.5 Å². The third kappa shape index (κ3) is 2.73. The summed E-state index contributed by atoms with van der Waals surface area (Å²) in [7, 11) is 0. The molecule has 0 saturated heterocycles. The average Bonchev–Trinajstić information content (AvgIpc) is 2.08. The molecule has 0 spiro atoms. The fourth-order valence-corrected chi connectivity index (χ4v) is 1.17. The maximum absolute atomic E-state index is 7.16. The minimum Gasteiger partial charge on any atom is -0.482 e. The topological polar surface area (TPSA) is 59.1 Å². The van der Waals surface area contributed by atoms with Crippen LogP contribution in [0.1, 0.15) is 6.92 Å². The average molecular weight is 243 g/mol. The Kier molecular flexibility index (Phi) is 3.31. The number of para-hydroxylation sites is 1. The highest BCUT2D eigenvalue weighted by Gasteiger charge is 2.08. The van der Waals surface area contributed by atoms with Gasteiger partial charge < -0.3 is 10.5 Å². The molecule has 13 heavy (non-hydrogen) atoms. The molecule has 1 unspecified atom stereocenters. The largest absolute Gasteiger partial charge is 0.482 e. The van der Waals surface area contributed by atoms with Gasteiger partial charge in [0.25, 0.3) is 0 Å². The SMILES string of the molecule is CC(Oc1ccccc1Br)C(=N)N. The first kappa shape index (κ1) is 10.1. The molecule has 0 aliphatic heterocycles. The molecule has 70 valence electrons. The van der Waals surface area contributed by atoms with Gasteiger partial charge in [0, 0.05) is 0 Å². The molecule has 0 amide bonds. The van der Waals surface area contributed by atoms with Crippen molar-refractivity contribution < 1.29 is 4.74 Å². The van der Waals surface area contributed by atoms with E-state index in [1.807, 2.05) is 24.3 Å². The number of hydrogen-bond acceptors (Lipinski definition) is 2. The maximum Gasteiger partial charge on any atom is 0.152 e. The van der Waals surface area contributed by atoms with Crippen LogP contribution >= 0.6 is 15.9 Å². The van der Waals surface area contributed by atoms with E-state index in [2.05, 4.69) is 15.9 Å². The Balaban J connectivity index is 2.74. The van der Waals surface area contributed by atoms with Gasteiger partial charge in [-0.3, -0.25) is 5.41 Å². The summed E-state index contributed by atoms with van der Waals surface area (Å²) in [6.45, 7) is 1.74. The molecule has 0 radical (unpaired) electrons. The second-order valence-electron chi connectivity index (χ2n) is 2.65. The maximum atomic E-state index is 7.16. The molecule has 0 aliphatic carbocycles. The number of benzene rings is 1. The fourth-order valence-electron chi connectivity index (χ4n) is 0.794. The minimum absolute atomic E-state index is 0.0238. The molecule has 1 aromatic rings. The van der Waals surface area contributed by atoms with Crippen molar-refractivity contribution in [1.29, 1.82) is 5.41 Å². The lowest BCUT2D eigenvalue weighted by Gasteiger charge is -2.13. The zero-order valence-corrected chi connectivity index (χ0v) is 8.84. The first-order valence-corrected chi connectivity index (χ1v) is 4.65. The van der Waals surface area contributed by atoms with Gasteiger partial charge >= 0.3 is 0 Å². The van der Waals surface area contributed by atoms with Crippen molar-refractivity contribution in [2.75, 3.05) is 0 Å². The molecule has 0 aliphatic rings. The van der Waals surface area contributed by atoms with Gasteiger partial charge in [-0.2, -0.15) is 0 Å². The first-order chi connectivity index (χ1) is 6.11. The number of amidine groups is 1. The summed E-state index contributed by atoms with van der Waals surface area (Å²) >= 11 is 3.34. The van der Waals surface area contributed by atoms with Gasteiger partial charge in [0.15, 0.2) is 6.10 Å². The fraction of sp³-hybridized carbons (Fsp3) is 0.222. The molecule has 3 nitrogen and oxygen atoms in total. The van der Waals surface area contributed by atoms with Crippen LogP contribution in [0.4, 0.5) is 0 Å². The van der Waals surface area contributed by atoms with Crippen LogP contribution in [0.2, 0.25) is 0 Å². The van der Waals surface area contributed by atoms with Crippen molar-refractivity contribution in [2.24, 2.45) is 5.73 Å². The Labute approximate surface area is 85.5 Å². The van der Waals surface area contributed by atoms with Gasteiger partial charge in [0.2, 0.25) is 0 Å². The Hall–Kier alpha value is -1.03. The van der Waals surface area contributed by atoms with Gasteiger partial charge in [0.1, 0.15) is 11.6 Å². The van der Waals surface area contributed by atoms with Gasteiger partial charge in [-0.1, -0.05) is 12.1 Å². The van der Waals surface area contributed by atoms with Gasteiger partial charge in [0.05, 0.1) is 4.47 Å². The molecule has 1 rings (SSSR count). The van der Waals surface area contributed by atoms with Crippen molar-refractivity contribution >= 4 is 21.8 Å². The van der Waals surface area contributed by atoms with Crippen LogP contribution in [-0.4, -0.2) is 11.9 Å². The zero-order valence-electron chi connectivity index (χ0n) is 7.25. The summed E-state index contributed by atoms with van der Waals surface area (Å²) in [4.78, 5) is 0. The van der Waals surface area contributed by atoms with Crippen molar-refractivity contribution in [1.82, 2.24) is 0 Å². The lowest BCUT2D eigenvalue weighted by atomic mass is 10.3. The monoisotopic (exact) mass is 242 g/mol. The van der Waals surface area contributed by atoms with Crippen molar-refractivity contribution in [2.45, 2.75) is 13.0 Å². The molecular weight excluding hydrogens is 232 g/mol.